The van der Waals surface area contributed by atoms with Gasteiger partial charge in [-0.3, -0.25) is 4.79 Å². The number of hydrogen-bond donors (Lipinski definition) is 1. The number of nitrogens with one attached hydrogen (secondary N) is 1. The van der Waals surface area contributed by atoms with Crippen molar-refractivity contribution < 1.29 is 13.9 Å². The van der Waals surface area contributed by atoms with Crippen LogP contribution in [0.4, 0.5) is 0 Å². The highest BCUT2D eigenvalue weighted by Crippen LogP contribution is 2.35. The summed E-state index contributed by atoms with van der Waals surface area (Å²) >= 11 is 18.7. The molecule has 184 valence electrons. The van der Waals surface area contributed by atoms with Crippen LogP contribution in [-0.2, 0) is 11.3 Å². The predicted molar refractivity (Wildman–Crippen MR) is 138 cm³/mol. The molecule has 3 aromatic rings. The molecule has 3 heterocycles. The lowest BCUT2D eigenvalue weighted by Crippen LogP contribution is -2.39. The molecule has 0 radical (unpaired) electrons. The van der Waals surface area contributed by atoms with Crippen LogP contribution in [0.15, 0.2) is 34.7 Å². The van der Waals surface area contributed by atoms with Gasteiger partial charge in [-0.05, 0) is 73.7 Å². The lowest BCUT2D eigenvalue weighted by atomic mass is 9.84. The highest BCUT2D eigenvalue weighted by molar-refractivity contribution is 6.35. The van der Waals surface area contributed by atoms with E-state index < -0.39 is 0 Å². The van der Waals surface area contributed by atoms with Crippen LogP contribution in [0.1, 0.15) is 66.5 Å². The third-order valence-corrected chi connectivity index (χ3v) is 7.51. The Morgan fingerprint density at radius 2 is 1.94 bits per heavy atom. The normalized spacial score (nSPS) is 18.5. The summed E-state index contributed by atoms with van der Waals surface area (Å²) in [5, 5.41) is 9.18. The van der Waals surface area contributed by atoms with Crippen LogP contribution in [0, 0.1) is 5.92 Å². The van der Waals surface area contributed by atoms with Crippen molar-refractivity contribution in [3.8, 4) is 5.69 Å². The molecule has 2 aliphatic rings. The van der Waals surface area contributed by atoms with Gasteiger partial charge in [-0.15, -0.1) is 0 Å². The molecule has 1 N–H and O–H groups in total. The lowest BCUT2D eigenvalue weighted by molar-refractivity contribution is 0.0906. The highest BCUT2D eigenvalue weighted by Gasteiger charge is 2.31. The van der Waals surface area contributed by atoms with E-state index in [9.17, 15) is 4.79 Å². The third kappa shape index (κ3) is 5.17. The van der Waals surface area contributed by atoms with Crippen LogP contribution >= 0.6 is 34.8 Å². The molecule has 1 amide bonds. The Kier molecular flexibility index (Phi) is 7.26. The number of furan rings is 1. The van der Waals surface area contributed by atoms with Crippen molar-refractivity contribution in [1.82, 2.24) is 15.1 Å². The molecule has 1 saturated carbocycles. The van der Waals surface area contributed by atoms with E-state index in [-0.39, 0.29) is 18.6 Å². The number of amides is 1. The molecule has 0 unspecified atom stereocenters. The standard InChI is InChI=1S/C26H26Cl3N3O3/c1-15(16-5-3-2-4-6-16)30-26(33)24-20-14-34-13-17(11-19-8-10-23(29)35-19)25(20)32(31-24)22-9-7-18(27)12-21(22)28/h7-12,15-16H,2-6,13-14H2,1H3,(H,30,33)/t15-/m1/s1. The van der Waals surface area contributed by atoms with Gasteiger partial charge in [-0.25, -0.2) is 4.68 Å². The minimum Gasteiger partial charge on any atom is -0.445 e. The smallest absolute Gasteiger partial charge is 0.272 e. The lowest BCUT2D eigenvalue weighted by Gasteiger charge is -2.28. The minimum atomic E-state index is -0.214. The van der Waals surface area contributed by atoms with E-state index in [4.69, 9.17) is 49.1 Å². The fraction of sp³-hybridized carbons (Fsp3) is 0.385. The molecule has 35 heavy (non-hydrogen) atoms. The number of ether oxygens (including phenoxy) is 1. The quantitative estimate of drug-likeness (QED) is 0.376. The van der Waals surface area contributed by atoms with Crippen LogP contribution in [0.25, 0.3) is 17.3 Å². The summed E-state index contributed by atoms with van der Waals surface area (Å²) < 4.78 is 13.1. The van der Waals surface area contributed by atoms with E-state index in [0.717, 1.165) is 24.1 Å². The second-order valence-corrected chi connectivity index (χ2v) is 10.4. The zero-order chi connectivity index (χ0) is 24.5. The van der Waals surface area contributed by atoms with Crippen molar-refractivity contribution in [2.75, 3.05) is 6.61 Å². The summed E-state index contributed by atoms with van der Waals surface area (Å²) in [6, 6.07) is 8.72. The van der Waals surface area contributed by atoms with Crippen LogP contribution in [0.5, 0.6) is 0 Å². The van der Waals surface area contributed by atoms with Crippen molar-refractivity contribution in [3.05, 3.63) is 68.3 Å². The third-order valence-electron chi connectivity index (χ3n) is 6.77. The molecule has 1 aliphatic carbocycles. The number of halogens is 3. The zero-order valence-corrected chi connectivity index (χ0v) is 21.6. The Labute approximate surface area is 219 Å². The Balaban J connectivity index is 1.57. The molecule has 1 atom stereocenters. The summed E-state index contributed by atoms with van der Waals surface area (Å²) in [5.74, 6) is 0.842. The molecule has 1 aromatic carbocycles. The van der Waals surface area contributed by atoms with Crippen LogP contribution in [-0.4, -0.2) is 28.3 Å². The predicted octanol–water partition coefficient (Wildman–Crippen LogP) is 7.19. The summed E-state index contributed by atoms with van der Waals surface area (Å²) in [6.07, 6.45) is 7.81. The Hall–Kier alpha value is -2.25. The highest BCUT2D eigenvalue weighted by atomic mass is 35.5. The fourth-order valence-corrected chi connectivity index (χ4v) is 5.61. The summed E-state index contributed by atoms with van der Waals surface area (Å²) in [6.45, 7) is 2.66. The Bertz CT molecular complexity index is 1270. The number of benzene rings is 1. The van der Waals surface area contributed by atoms with Gasteiger partial charge in [0.1, 0.15) is 5.76 Å². The molecular formula is C26H26Cl3N3O3. The number of carbonyl (C=O) groups excluding carboxylic acids is 1. The summed E-state index contributed by atoms with van der Waals surface area (Å²) in [4.78, 5) is 13.5. The zero-order valence-electron chi connectivity index (χ0n) is 19.3. The van der Waals surface area contributed by atoms with Gasteiger partial charge in [0, 0.05) is 22.2 Å². The first-order valence-electron chi connectivity index (χ1n) is 11.8. The number of rotatable bonds is 5. The number of fused-ring (bicyclic) bond motifs is 1. The van der Waals surface area contributed by atoms with Gasteiger partial charge >= 0.3 is 0 Å². The molecule has 0 bridgehead atoms. The number of aromatic nitrogens is 2. The fourth-order valence-electron chi connectivity index (χ4n) is 4.97. The van der Waals surface area contributed by atoms with Crippen LogP contribution in [0.2, 0.25) is 15.3 Å². The molecule has 0 spiro atoms. The van der Waals surface area contributed by atoms with Crippen molar-refractivity contribution in [1.29, 1.82) is 0 Å². The topological polar surface area (TPSA) is 69.3 Å². The van der Waals surface area contributed by atoms with Crippen LogP contribution in [0.3, 0.4) is 0 Å². The Morgan fingerprint density at radius 3 is 2.66 bits per heavy atom. The second kappa shape index (κ2) is 10.4. The van der Waals surface area contributed by atoms with E-state index in [2.05, 4.69) is 12.2 Å². The van der Waals surface area contributed by atoms with Gasteiger partial charge in [0.2, 0.25) is 0 Å². The molecule has 1 fully saturated rings. The van der Waals surface area contributed by atoms with Gasteiger partial charge in [0.25, 0.3) is 5.91 Å². The molecule has 9 heteroatoms. The number of carbonyl (C=O) groups is 1. The van der Waals surface area contributed by atoms with E-state index in [1.165, 1.54) is 19.3 Å². The van der Waals surface area contributed by atoms with E-state index >= 15 is 0 Å². The molecule has 6 nitrogen and oxygen atoms in total. The molecule has 1 aliphatic heterocycles. The average molecular weight is 535 g/mol. The maximum absolute atomic E-state index is 13.5. The summed E-state index contributed by atoms with van der Waals surface area (Å²) in [5.41, 5.74) is 3.21. The summed E-state index contributed by atoms with van der Waals surface area (Å²) in [7, 11) is 0. The largest absolute Gasteiger partial charge is 0.445 e. The first-order chi connectivity index (χ1) is 16.9. The number of nitrogens with zero attached hydrogens (tertiary/aromatic N) is 2. The average Bonchev–Trinajstić information content (AvgIpc) is 3.43. The first-order valence-corrected chi connectivity index (χ1v) is 13.0. The first kappa shape index (κ1) is 24.4. The SMILES string of the molecule is C[C@@H](NC(=O)c1nn(-c2ccc(Cl)cc2Cl)c2c1COCC2=Cc1ccc(Cl)o1)C1CCCCC1. The monoisotopic (exact) mass is 533 g/mol. The second-order valence-electron chi connectivity index (χ2n) is 9.15. The maximum atomic E-state index is 13.5. The van der Waals surface area contributed by atoms with Crippen LogP contribution < -0.4 is 5.32 Å². The molecule has 5 rings (SSSR count). The Morgan fingerprint density at radius 1 is 1.14 bits per heavy atom. The molecule has 2 aromatic heterocycles. The molecular weight excluding hydrogens is 509 g/mol. The van der Waals surface area contributed by atoms with Crippen molar-refractivity contribution in [2.45, 2.75) is 51.7 Å². The van der Waals surface area contributed by atoms with E-state index in [1.807, 2.05) is 6.08 Å². The van der Waals surface area contributed by atoms with Gasteiger partial charge in [-0.1, -0.05) is 42.5 Å². The van der Waals surface area contributed by atoms with Gasteiger partial charge in [-0.2, -0.15) is 5.10 Å². The van der Waals surface area contributed by atoms with Crippen molar-refractivity contribution >= 4 is 52.4 Å². The van der Waals surface area contributed by atoms with Gasteiger partial charge in [0.05, 0.1) is 29.6 Å². The van der Waals surface area contributed by atoms with Gasteiger partial charge < -0.3 is 14.5 Å². The van der Waals surface area contributed by atoms with E-state index in [1.54, 1.807) is 35.0 Å². The van der Waals surface area contributed by atoms with Crippen molar-refractivity contribution in [3.63, 3.8) is 0 Å². The van der Waals surface area contributed by atoms with E-state index in [0.29, 0.717) is 50.5 Å². The minimum absolute atomic E-state index is 0.0625. The van der Waals surface area contributed by atoms with Gasteiger partial charge in [0.15, 0.2) is 10.9 Å². The molecule has 0 saturated heterocycles. The van der Waals surface area contributed by atoms with Crippen molar-refractivity contribution in [2.24, 2.45) is 5.92 Å². The number of hydrogen-bond acceptors (Lipinski definition) is 4. The maximum Gasteiger partial charge on any atom is 0.272 e.